The van der Waals surface area contributed by atoms with Gasteiger partial charge in [0.2, 0.25) is 5.91 Å². The summed E-state index contributed by atoms with van der Waals surface area (Å²) in [5, 5.41) is 11.9. The van der Waals surface area contributed by atoms with Crippen LogP contribution in [0.15, 0.2) is 40.9 Å². The minimum Gasteiger partial charge on any atom is -0.315 e. The molecule has 0 spiro atoms. The Morgan fingerprint density at radius 3 is 2.81 bits per heavy atom. The Hall–Kier alpha value is -2.45. The van der Waals surface area contributed by atoms with Gasteiger partial charge >= 0.3 is 0 Å². The smallest absolute Gasteiger partial charge is 0.231 e. The van der Waals surface area contributed by atoms with Crippen molar-refractivity contribution in [2.24, 2.45) is 0 Å². The molecular formula is C24H26N4O2S2. The Morgan fingerprint density at radius 1 is 1.19 bits per heavy atom. The Morgan fingerprint density at radius 2 is 2.03 bits per heavy atom. The average molecular weight is 467 g/mol. The molecule has 6 nitrogen and oxygen atoms in total. The second kappa shape index (κ2) is 9.19. The SMILES string of the molecule is CN1C(=O)Cc2cc(C(=O)CSc3nnc(Cc4cccs4)n3C3CCCCC3)ccc21. The molecule has 0 radical (unpaired) electrons. The predicted molar refractivity (Wildman–Crippen MR) is 128 cm³/mol. The van der Waals surface area contributed by atoms with Gasteiger partial charge in [-0.05, 0) is 48.1 Å². The van der Waals surface area contributed by atoms with Crippen LogP contribution in [-0.4, -0.2) is 39.3 Å². The second-order valence-electron chi connectivity index (χ2n) is 8.50. The van der Waals surface area contributed by atoms with E-state index in [4.69, 9.17) is 0 Å². The normalized spacial score (nSPS) is 16.5. The van der Waals surface area contributed by atoms with Crippen LogP contribution >= 0.6 is 23.1 Å². The molecule has 32 heavy (non-hydrogen) atoms. The van der Waals surface area contributed by atoms with E-state index >= 15 is 0 Å². The summed E-state index contributed by atoms with van der Waals surface area (Å²) in [5.41, 5.74) is 2.48. The largest absolute Gasteiger partial charge is 0.315 e. The number of benzene rings is 1. The molecule has 0 unspecified atom stereocenters. The van der Waals surface area contributed by atoms with Gasteiger partial charge in [0.1, 0.15) is 5.82 Å². The lowest BCUT2D eigenvalue weighted by molar-refractivity contribution is -0.117. The Bertz CT molecular complexity index is 1130. The van der Waals surface area contributed by atoms with E-state index in [0.29, 0.717) is 23.8 Å². The molecule has 0 N–H and O–H groups in total. The number of thioether (sulfide) groups is 1. The predicted octanol–water partition coefficient (Wildman–Crippen LogP) is 4.93. The number of anilines is 1. The summed E-state index contributed by atoms with van der Waals surface area (Å²) < 4.78 is 2.30. The Labute approximate surface area is 196 Å². The molecule has 0 bridgehead atoms. The number of ketones is 1. The zero-order valence-corrected chi connectivity index (χ0v) is 19.8. The third kappa shape index (κ3) is 4.26. The summed E-state index contributed by atoms with van der Waals surface area (Å²) >= 11 is 3.22. The van der Waals surface area contributed by atoms with E-state index in [0.717, 1.165) is 41.5 Å². The van der Waals surface area contributed by atoms with Gasteiger partial charge in [0.15, 0.2) is 10.9 Å². The van der Waals surface area contributed by atoms with E-state index in [2.05, 4.69) is 32.3 Å². The highest BCUT2D eigenvalue weighted by Gasteiger charge is 2.26. The maximum absolute atomic E-state index is 13.0. The molecule has 166 valence electrons. The van der Waals surface area contributed by atoms with Crippen LogP contribution in [0.3, 0.4) is 0 Å². The number of rotatable bonds is 7. The molecular weight excluding hydrogens is 440 g/mol. The van der Waals surface area contributed by atoms with Gasteiger partial charge in [-0.1, -0.05) is 37.1 Å². The highest BCUT2D eigenvalue weighted by molar-refractivity contribution is 7.99. The molecule has 1 aliphatic carbocycles. The van der Waals surface area contributed by atoms with E-state index in [-0.39, 0.29) is 11.7 Å². The molecule has 8 heteroatoms. The Kier molecular flexibility index (Phi) is 6.15. The monoisotopic (exact) mass is 466 g/mol. The number of carbonyl (C=O) groups excluding carboxylic acids is 2. The maximum atomic E-state index is 13.0. The van der Waals surface area contributed by atoms with Crippen molar-refractivity contribution < 1.29 is 9.59 Å². The lowest BCUT2D eigenvalue weighted by Crippen LogP contribution is -2.20. The molecule has 3 aromatic rings. The van der Waals surface area contributed by atoms with Crippen molar-refractivity contribution in [3.05, 3.63) is 57.5 Å². The van der Waals surface area contributed by atoms with E-state index in [1.807, 2.05) is 18.2 Å². The molecule has 0 atom stereocenters. The van der Waals surface area contributed by atoms with Crippen LogP contribution in [0.1, 0.15) is 64.8 Å². The van der Waals surface area contributed by atoms with Crippen molar-refractivity contribution in [3.8, 4) is 0 Å². The van der Waals surface area contributed by atoms with Gasteiger partial charge in [-0.3, -0.25) is 9.59 Å². The van der Waals surface area contributed by atoms with Crippen LogP contribution < -0.4 is 4.90 Å². The fraction of sp³-hybridized carbons (Fsp3) is 0.417. The summed E-state index contributed by atoms with van der Waals surface area (Å²) in [4.78, 5) is 27.8. The number of hydrogen-bond donors (Lipinski definition) is 0. The van der Waals surface area contributed by atoms with Crippen molar-refractivity contribution in [3.63, 3.8) is 0 Å². The minimum atomic E-state index is 0.0535. The van der Waals surface area contributed by atoms with Gasteiger partial charge in [0.05, 0.1) is 12.2 Å². The molecule has 1 saturated carbocycles. The van der Waals surface area contributed by atoms with Gasteiger partial charge in [0, 0.05) is 35.6 Å². The summed E-state index contributed by atoms with van der Waals surface area (Å²) in [6, 6.07) is 10.2. The summed E-state index contributed by atoms with van der Waals surface area (Å²) in [6.07, 6.45) is 7.17. The zero-order valence-electron chi connectivity index (χ0n) is 18.1. The van der Waals surface area contributed by atoms with Crippen molar-refractivity contribution in [2.75, 3.05) is 17.7 Å². The van der Waals surface area contributed by atoms with Crippen molar-refractivity contribution in [1.82, 2.24) is 14.8 Å². The first kappa shape index (κ1) is 21.4. The summed E-state index contributed by atoms with van der Waals surface area (Å²) in [6.45, 7) is 0. The fourth-order valence-electron chi connectivity index (χ4n) is 4.66. The average Bonchev–Trinajstić information content (AvgIpc) is 3.53. The van der Waals surface area contributed by atoms with Crippen molar-refractivity contribution in [1.29, 1.82) is 0 Å². The molecule has 1 amide bonds. The third-order valence-electron chi connectivity index (χ3n) is 6.40. The van der Waals surface area contributed by atoms with Crippen LogP contribution in [0.25, 0.3) is 0 Å². The van der Waals surface area contributed by atoms with Crippen LogP contribution in [0.5, 0.6) is 0 Å². The molecule has 1 aromatic carbocycles. The first-order chi connectivity index (χ1) is 15.6. The number of carbonyl (C=O) groups is 2. The van der Waals surface area contributed by atoms with Gasteiger partial charge in [0.25, 0.3) is 0 Å². The van der Waals surface area contributed by atoms with Crippen LogP contribution in [0.4, 0.5) is 5.69 Å². The number of hydrogen-bond acceptors (Lipinski definition) is 6. The van der Waals surface area contributed by atoms with E-state index in [9.17, 15) is 9.59 Å². The number of amides is 1. The van der Waals surface area contributed by atoms with Crippen LogP contribution in [0.2, 0.25) is 0 Å². The number of thiophene rings is 1. The van der Waals surface area contributed by atoms with Crippen molar-refractivity contribution in [2.45, 2.75) is 56.1 Å². The Balaban J connectivity index is 1.34. The highest BCUT2D eigenvalue weighted by Crippen LogP contribution is 2.34. The molecule has 1 aliphatic heterocycles. The summed E-state index contributed by atoms with van der Waals surface area (Å²) in [5.74, 6) is 1.43. The van der Waals surface area contributed by atoms with E-state index in [1.165, 1.54) is 35.9 Å². The molecule has 1 fully saturated rings. The number of aromatic nitrogens is 3. The minimum absolute atomic E-state index is 0.0535. The molecule has 0 saturated heterocycles. The highest BCUT2D eigenvalue weighted by atomic mass is 32.2. The quantitative estimate of drug-likeness (QED) is 0.365. The third-order valence-corrected chi connectivity index (χ3v) is 8.22. The molecule has 2 aliphatic rings. The first-order valence-electron chi connectivity index (χ1n) is 11.1. The first-order valence-corrected chi connectivity index (χ1v) is 13.0. The lowest BCUT2D eigenvalue weighted by Gasteiger charge is -2.25. The zero-order chi connectivity index (χ0) is 22.1. The van der Waals surface area contributed by atoms with E-state index in [1.54, 1.807) is 23.3 Å². The standard InChI is InChI=1S/C24H26N4O2S2/c1-27-20-10-9-16(12-17(20)13-23(27)30)21(29)15-32-24-26-25-22(14-19-8-5-11-31-19)28(24)18-6-3-2-4-7-18/h5,8-12,18H,2-4,6-7,13-15H2,1H3. The van der Waals surface area contributed by atoms with Gasteiger partial charge in [-0.25, -0.2) is 0 Å². The number of likely N-dealkylation sites (N-methyl/N-ethyl adjacent to an activating group) is 1. The lowest BCUT2D eigenvalue weighted by atomic mass is 9.95. The molecule has 3 heterocycles. The van der Waals surface area contributed by atoms with Crippen molar-refractivity contribution >= 4 is 40.5 Å². The fourth-order valence-corrected chi connectivity index (χ4v) is 6.28. The molecule has 2 aromatic heterocycles. The topological polar surface area (TPSA) is 68.1 Å². The second-order valence-corrected chi connectivity index (χ2v) is 10.5. The number of nitrogens with zero attached hydrogens (tertiary/aromatic N) is 4. The maximum Gasteiger partial charge on any atom is 0.231 e. The van der Waals surface area contributed by atoms with E-state index < -0.39 is 0 Å². The van der Waals surface area contributed by atoms with Gasteiger partial charge < -0.3 is 9.47 Å². The van der Waals surface area contributed by atoms with Gasteiger partial charge in [-0.2, -0.15) is 0 Å². The van der Waals surface area contributed by atoms with Crippen LogP contribution in [-0.2, 0) is 17.6 Å². The summed E-state index contributed by atoms with van der Waals surface area (Å²) in [7, 11) is 1.78. The number of fused-ring (bicyclic) bond motifs is 1. The van der Waals surface area contributed by atoms with Crippen LogP contribution in [0, 0.1) is 0 Å². The van der Waals surface area contributed by atoms with Gasteiger partial charge in [-0.15, -0.1) is 21.5 Å². The molecule has 5 rings (SSSR count). The number of Topliss-reactive ketones (excluding diaryl/α,β-unsaturated/α-hetero) is 1.